The molecule has 0 atom stereocenters. The highest BCUT2D eigenvalue weighted by molar-refractivity contribution is 6.53. The Bertz CT molecular complexity index is 346. The second-order valence-corrected chi connectivity index (χ2v) is 8.15. The quantitative estimate of drug-likeness (QED) is 0.551. The second kappa shape index (κ2) is 8.78. The van der Waals surface area contributed by atoms with Crippen molar-refractivity contribution in [1.29, 1.82) is 0 Å². The van der Waals surface area contributed by atoms with E-state index in [1.54, 1.807) is 5.19 Å². The molecule has 1 heterocycles. The van der Waals surface area contributed by atoms with Crippen LogP contribution in [0.4, 0.5) is 0 Å². The fourth-order valence-corrected chi connectivity index (χ4v) is 4.56. The first-order valence-electron chi connectivity index (χ1n) is 7.81. The molecule has 19 heavy (non-hydrogen) atoms. The van der Waals surface area contributed by atoms with Crippen LogP contribution in [-0.2, 0) is 0 Å². The molecule has 1 aromatic carbocycles. The number of benzene rings is 1. The van der Waals surface area contributed by atoms with Gasteiger partial charge in [0.1, 0.15) is 0 Å². The second-order valence-electron chi connectivity index (χ2n) is 5.69. The number of unbranched alkanes of at least 4 members (excludes halogenated alkanes) is 2. The summed E-state index contributed by atoms with van der Waals surface area (Å²) >= 11 is 5.90. The molecule has 1 aliphatic heterocycles. The van der Waals surface area contributed by atoms with Gasteiger partial charge in [0.2, 0.25) is 0 Å². The van der Waals surface area contributed by atoms with Crippen molar-refractivity contribution in [3.63, 3.8) is 0 Å². The van der Waals surface area contributed by atoms with Crippen LogP contribution in [0, 0.1) is 0 Å². The van der Waals surface area contributed by atoms with Gasteiger partial charge in [0.25, 0.3) is 0 Å². The van der Waals surface area contributed by atoms with Crippen LogP contribution in [-0.4, -0.2) is 34.1 Å². The van der Waals surface area contributed by atoms with Crippen LogP contribution in [0.15, 0.2) is 24.3 Å². The predicted molar refractivity (Wildman–Crippen MR) is 88.6 cm³/mol. The van der Waals surface area contributed by atoms with Crippen LogP contribution in [0.5, 0.6) is 0 Å². The Morgan fingerprint density at radius 3 is 2.42 bits per heavy atom. The van der Waals surface area contributed by atoms with E-state index in [1.807, 2.05) is 12.1 Å². The van der Waals surface area contributed by atoms with E-state index in [1.165, 1.54) is 64.2 Å². The molecule has 0 saturated carbocycles. The van der Waals surface area contributed by atoms with Gasteiger partial charge in [-0.2, -0.15) is 0 Å². The fourth-order valence-electron chi connectivity index (χ4n) is 2.85. The highest BCUT2D eigenvalue weighted by Crippen LogP contribution is 2.10. The summed E-state index contributed by atoms with van der Waals surface area (Å²) in [6, 6.07) is 9.92. The molecule has 0 aromatic heterocycles. The largest absolute Gasteiger partial charge is 0.303 e. The maximum absolute atomic E-state index is 5.90. The number of hydrogen-bond donors (Lipinski definition) is 0. The molecule has 0 bridgehead atoms. The molecule has 1 fully saturated rings. The lowest BCUT2D eigenvalue weighted by molar-refractivity contribution is 0.224. The molecule has 1 saturated heterocycles. The van der Waals surface area contributed by atoms with Crippen LogP contribution in [0.2, 0.25) is 11.1 Å². The van der Waals surface area contributed by atoms with Crippen molar-refractivity contribution in [2.75, 3.05) is 19.6 Å². The summed E-state index contributed by atoms with van der Waals surface area (Å²) in [7, 11) is -0.0506. The van der Waals surface area contributed by atoms with Crippen molar-refractivity contribution < 1.29 is 0 Å². The van der Waals surface area contributed by atoms with E-state index in [2.05, 4.69) is 17.0 Å². The van der Waals surface area contributed by atoms with Crippen LogP contribution >= 0.6 is 11.6 Å². The van der Waals surface area contributed by atoms with Gasteiger partial charge in [-0.1, -0.05) is 54.2 Å². The van der Waals surface area contributed by atoms with E-state index in [0.29, 0.717) is 0 Å². The number of halogens is 1. The van der Waals surface area contributed by atoms with Crippen LogP contribution in [0.25, 0.3) is 0 Å². The van der Waals surface area contributed by atoms with Crippen molar-refractivity contribution >= 4 is 26.3 Å². The molecule has 0 amide bonds. The van der Waals surface area contributed by atoms with Gasteiger partial charge >= 0.3 is 0 Å². The molecule has 2 rings (SSSR count). The van der Waals surface area contributed by atoms with Crippen LogP contribution in [0.3, 0.4) is 0 Å². The van der Waals surface area contributed by atoms with Crippen molar-refractivity contribution in [2.45, 2.75) is 44.6 Å². The normalized spacial score (nSPS) is 17.3. The van der Waals surface area contributed by atoms with E-state index in [4.69, 9.17) is 11.6 Å². The highest BCUT2D eigenvalue weighted by atomic mass is 35.5. The van der Waals surface area contributed by atoms with E-state index in [-0.39, 0.29) is 9.52 Å². The third kappa shape index (κ3) is 6.11. The lowest BCUT2D eigenvalue weighted by Gasteiger charge is -2.26. The fraction of sp³-hybridized carbons (Fsp3) is 0.625. The first kappa shape index (κ1) is 15.1. The van der Waals surface area contributed by atoms with E-state index < -0.39 is 0 Å². The smallest absolute Gasteiger partial charge is 0.0547 e. The summed E-state index contributed by atoms with van der Waals surface area (Å²) in [5.41, 5.74) is 0. The maximum Gasteiger partial charge on any atom is 0.0547 e. The van der Waals surface area contributed by atoms with Gasteiger partial charge in [0.15, 0.2) is 0 Å². The summed E-state index contributed by atoms with van der Waals surface area (Å²) in [6.07, 6.45) is 8.52. The molecule has 1 aliphatic rings. The molecule has 1 nitrogen and oxygen atoms in total. The molecule has 0 spiro atoms. The Kier molecular flexibility index (Phi) is 6.97. The van der Waals surface area contributed by atoms with Crippen molar-refractivity contribution in [3.8, 4) is 0 Å². The average Bonchev–Trinajstić information content (AvgIpc) is 2.46. The summed E-state index contributed by atoms with van der Waals surface area (Å²) < 4.78 is 0. The first-order valence-corrected chi connectivity index (χ1v) is 9.90. The van der Waals surface area contributed by atoms with Gasteiger partial charge in [0, 0.05) is 5.02 Å². The zero-order valence-corrected chi connectivity index (χ0v) is 14.1. The molecular weight excluding hydrogens is 270 g/mol. The van der Waals surface area contributed by atoms with Gasteiger partial charge in [-0.15, -0.1) is 0 Å². The monoisotopic (exact) mass is 295 g/mol. The Morgan fingerprint density at radius 2 is 1.68 bits per heavy atom. The van der Waals surface area contributed by atoms with Crippen LogP contribution in [0.1, 0.15) is 38.5 Å². The zero-order chi connectivity index (χ0) is 13.3. The van der Waals surface area contributed by atoms with Gasteiger partial charge in [0.05, 0.1) is 9.52 Å². The lowest BCUT2D eigenvalue weighted by Crippen LogP contribution is -2.30. The predicted octanol–water partition coefficient (Wildman–Crippen LogP) is 3.21. The number of piperidine rings is 1. The van der Waals surface area contributed by atoms with Gasteiger partial charge in [-0.25, -0.2) is 0 Å². The summed E-state index contributed by atoms with van der Waals surface area (Å²) in [5, 5.41) is 2.42. The topological polar surface area (TPSA) is 3.24 Å². The zero-order valence-electron chi connectivity index (χ0n) is 11.9. The minimum atomic E-state index is -0.0506. The maximum atomic E-state index is 5.90. The molecule has 0 unspecified atom stereocenters. The summed E-state index contributed by atoms with van der Waals surface area (Å²) in [6.45, 7) is 4.03. The minimum absolute atomic E-state index is 0.0506. The molecule has 0 N–H and O–H groups in total. The number of hydrogen-bond acceptors (Lipinski definition) is 1. The number of likely N-dealkylation sites (tertiary alicyclic amines) is 1. The number of rotatable bonds is 7. The molecule has 0 aliphatic carbocycles. The SMILES string of the molecule is Clc1ccc([SiH2]CCCCCN2CCCCC2)cc1. The Hall–Kier alpha value is -0.313. The average molecular weight is 296 g/mol. The molecule has 106 valence electrons. The van der Waals surface area contributed by atoms with E-state index in [9.17, 15) is 0 Å². The standard InChI is InChI=1S/C16H26ClNSi/c17-15-7-9-16(10-8-15)19-14-6-2-5-13-18-11-3-1-4-12-18/h7-10H,1-6,11-14,19H2. The third-order valence-electron chi connectivity index (χ3n) is 4.05. The Balaban J connectivity index is 1.49. The van der Waals surface area contributed by atoms with Crippen molar-refractivity contribution in [3.05, 3.63) is 29.3 Å². The van der Waals surface area contributed by atoms with Crippen LogP contribution < -0.4 is 5.19 Å². The summed E-state index contributed by atoms with van der Waals surface area (Å²) in [4.78, 5) is 2.65. The van der Waals surface area contributed by atoms with E-state index >= 15 is 0 Å². The third-order valence-corrected chi connectivity index (χ3v) is 6.21. The highest BCUT2D eigenvalue weighted by Gasteiger charge is 2.08. The Labute approximate surface area is 125 Å². The number of nitrogens with zero attached hydrogens (tertiary/aromatic N) is 1. The van der Waals surface area contributed by atoms with Gasteiger partial charge in [-0.3, -0.25) is 0 Å². The first-order chi connectivity index (χ1) is 9.34. The molecule has 1 aromatic rings. The van der Waals surface area contributed by atoms with Gasteiger partial charge < -0.3 is 4.90 Å². The van der Waals surface area contributed by atoms with E-state index in [0.717, 1.165) is 5.02 Å². The minimum Gasteiger partial charge on any atom is -0.303 e. The van der Waals surface area contributed by atoms with Crippen molar-refractivity contribution in [2.24, 2.45) is 0 Å². The Morgan fingerprint density at radius 1 is 0.947 bits per heavy atom. The summed E-state index contributed by atoms with van der Waals surface area (Å²) in [5.74, 6) is 0. The van der Waals surface area contributed by atoms with Gasteiger partial charge in [-0.05, 0) is 51.0 Å². The lowest BCUT2D eigenvalue weighted by atomic mass is 10.1. The van der Waals surface area contributed by atoms with Crippen molar-refractivity contribution in [1.82, 2.24) is 4.90 Å². The molecular formula is C16H26ClNSi. The molecule has 0 radical (unpaired) electrons. The molecule has 3 heteroatoms.